The molecule has 1 amide bonds. The first-order chi connectivity index (χ1) is 11.1. The van der Waals surface area contributed by atoms with Crippen LogP contribution in [0.1, 0.15) is 18.9 Å². The lowest BCUT2D eigenvalue weighted by Gasteiger charge is -2.18. The normalized spacial score (nSPS) is 18.1. The summed E-state index contributed by atoms with van der Waals surface area (Å²) < 4.78 is 1.08. The zero-order chi connectivity index (χ0) is 16.0. The van der Waals surface area contributed by atoms with Gasteiger partial charge in [0.1, 0.15) is 5.82 Å². The highest BCUT2D eigenvalue weighted by Crippen LogP contribution is 2.31. The van der Waals surface area contributed by atoms with E-state index in [1.807, 2.05) is 37.3 Å². The highest BCUT2D eigenvalue weighted by atomic mass is 79.9. The summed E-state index contributed by atoms with van der Waals surface area (Å²) in [6.07, 6.45) is 0.467. The van der Waals surface area contributed by atoms with Crippen LogP contribution < -0.4 is 5.43 Å². The minimum Gasteiger partial charge on any atom is -0.337 e. The van der Waals surface area contributed by atoms with Crippen molar-refractivity contribution in [2.24, 2.45) is 11.0 Å². The highest BCUT2D eigenvalue weighted by Gasteiger charge is 2.22. The van der Waals surface area contributed by atoms with Crippen LogP contribution in [0.2, 0.25) is 0 Å². The van der Waals surface area contributed by atoms with Gasteiger partial charge < -0.3 is 4.98 Å². The van der Waals surface area contributed by atoms with Crippen molar-refractivity contribution in [3.05, 3.63) is 39.7 Å². The molecule has 1 aromatic carbocycles. The number of imidazole rings is 1. The number of nitrogens with one attached hydrogen (secondary N) is 2. The number of thiophene rings is 1. The van der Waals surface area contributed by atoms with Crippen molar-refractivity contribution in [2.45, 2.75) is 13.3 Å². The summed E-state index contributed by atoms with van der Waals surface area (Å²) in [5, 5.41) is 4.22. The Kier molecular flexibility index (Phi) is 3.54. The number of aromatic nitrogens is 2. The van der Waals surface area contributed by atoms with E-state index in [1.54, 1.807) is 11.3 Å². The fraction of sp³-hybridized carbons (Fsp3) is 0.188. The second-order valence-corrected chi connectivity index (χ2v) is 8.02. The minimum absolute atomic E-state index is 0.0329. The first-order valence-electron chi connectivity index (χ1n) is 7.22. The van der Waals surface area contributed by atoms with E-state index in [4.69, 9.17) is 0 Å². The van der Waals surface area contributed by atoms with E-state index in [1.165, 1.54) is 0 Å². The van der Waals surface area contributed by atoms with E-state index < -0.39 is 0 Å². The van der Waals surface area contributed by atoms with E-state index in [-0.39, 0.29) is 11.8 Å². The average molecular weight is 389 g/mol. The number of nitrogens with zero attached hydrogens (tertiary/aromatic N) is 2. The second-order valence-electron chi connectivity index (χ2n) is 5.56. The predicted molar refractivity (Wildman–Crippen MR) is 95.6 cm³/mol. The number of hydrogen-bond donors (Lipinski definition) is 2. The number of benzene rings is 1. The van der Waals surface area contributed by atoms with Crippen molar-refractivity contribution < 1.29 is 4.79 Å². The number of hydrogen-bond acceptors (Lipinski definition) is 4. The van der Waals surface area contributed by atoms with Gasteiger partial charge in [0.2, 0.25) is 5.91 Å². The third-order valence-corrected chi connectivity index (χ3v) is 5.47. The van der Waals surface area contributed by atoms with Gasteiger partial charge in [-0.15, -0.1) is 11.3 Å². The van der Waals surface area contributed by atoms with Gasteiger partial charge in [-0.1, -0.05) is 13.0 Å². The lowest BCUT2D eigenvalue weighted by Crippen LogP contribution is -2.31. The Morgan fingerprint density at radius 1 is 1.30 bits per heavy atom. The zero-order valence-corrected chi connectivity index (χ0v) is 14.7. The molecule has 0 radical (unpaired) electrons. The van der Waals surface area contributed by atoms with Crippen molar-refractivity contribution in [2.75, 3.05) is 0 Å². The molecule has 1 aliphatic heterocycles. The summed E-state index contributed by atoms with van der Waals surface area (Å²) in [5.41, 5.74) is 6.36. The van der Waals surface area contributed by atoms with Gasteiger partial charge in [-0.3, -0.25) is 4.79 Å². The largest absolute Gasteiger partial charge is 0.337 e. The fourth-order valence-electron chi connectivity index (χ4n) is 2.73. The third kappa shape index (κ3) is 2.70. The zero-order valence-electron chi connectivity index (χ0n) is 12.3. The van der Waals surface area contributed by atoms with Gasteiger partial charge in [0.15, 0.2) is 0 Å². The lowest BCUT2D eigenvalue weighted by molar-refractivity contribution is -0.121. The molecule has 0 fully saturated rings. The van der Waals surface area contributed by atoms with Crippen LogP contribution >= 0.6 is 27.3 Å². The Morgan fingerprint density at radius 2 is 2.17 bits per heavy atom. The van der Waals surface area contributed by atoms with Crippen LogP contribution in [0.15, 0.2) is 39.2 Å². The maximum Gasteiger partial charge on any atom is 0.240 e. The van der Waals surface area contributed by atoms with Crippen molar-refractivity contribution in [1.29, 1.82) is 0 Å². The molecule has 0 saturated carbocycles. The van der Waals surface area contributed by atoms with Crippen LogP contribution in [0.4, 0.5) is 0 Å². The van der Waals surface area contributed by atoms with E-state index in [9.17, 15) is 4.79 Å². The van der Waals surface area contributed by atoms with Crippen molar-refractivity contribution in [1.82, 2.24) is 15.4 Å². The summed E-state index contributed by atoms with van der Waals surface area (Å²) in [6.45, 7) is 2.02. The maximum absolute atomic E-state index is 11.4. The summed E-state index contributed by atoms with van der Waals surface area (Å²) in [6, 6.07) is 10.1. The predicted octanol–water partition coefficient (Wildman–Crippen LogP) is 3.91. The smallest absolute Gasteiger partial charge is 0.240 e. The van der Waals surface area contributed by atoms with Crippen LogP contribution in [0, 0.1) is 5.92 Å². The third-order valence-electron chi connectivity index (χ3n) is 3.84. The van der Waals surface area contributed by atoms with Crippen LogP contribution in [0.25, 0.3) is 21.7 Å². The topological polar surface area (TPSA) is 70.1 Å². The number of carbonyl (C=O) groups excluding carboxylic acids is 1. The number of rotatable bonds is 2. The number of halogens is 1. The molecule has 7 heteroatoms. The molecular weight excluding hydrogens is 376 g/mol. The maximum atomic E-state index is 11.4. The molecule has 0 spiro atoms. The van der Waals surface area contributed by atoms with Gasteiger partial charge in [0, 0.05) is 17.9 Å². The number of carbonyl (C=O) groups is 1. The Balaban J connectivity index is 1.75. The summed E-state index contributed by atoms with van der Waals surface area (Å²) in [5.74, 6) is 0.936. The molecular formula is C16H13BrN4OS. The summed E-state index contributed by atoms with van der Waals surface area (Å²) in [7, 11) is 0. The summed E-state index contributed by atoms with van der Waals surface area (Å²) >= 11 is 5.12. The monoisotopic (exact) mass is 388 g/mol. The number of fused-ring (bicyclic) bond motifs is 1. The van der Waals surface area contributed by atoms with Crippen molar-refractivity contribution >= 4 is 49.9 Å². The molecule has 3 heterocycles. The molecule has 3 aromatic rings. The lowest BCUT2D eigenvalue weighted by atomic mass is 9.94. The standard InChI is InChI=1S/C16H13BrN4OS/c1-8-6-14(22)20-21-15(8)9-2-3-10-11(7-9)19-16(18-10)12-4-5-13(17)23-12/h2-5,7-8H,6H2,1H3,(H,18,19)(H,20,22). The van der Waals surface area contributed by atoms with Gasteiger partial charge in [-0.25, -0.2) is 10.4 Å². The molecule has 1 atom stereocenters. The Labute approximate surface area is 145 Å². The van der Waals surface area contributed by atoms with Gasteiger partial charge in [-0.2, -0.15) is 5.10 Å². The van der Waals surface area contributed by atoms with Crippen LogP contribution in [-0.4, -0.2) is 21.6 Å². The molecule has 2 aromatic heterocycles. The molecule has 4 rings (SSSR count). The Morgan fingerprint density at radius 3 is 2.91 bits per heavy atom. The second kappa shape index (κ2) is 5.58. The number of H-pyrrole nitrogens is 1. The van der Waals surface area contributed by atoms with E-state index >= 15 is 0 Å². The van der Waals surface area contributed by atoms with Crippen molar-refractivity contribution in [3.8, 4) is 10.7 Å². The Bertz CT molecular complexity index is 943. The molecule has 1 aliphatic rings. The molecule has 2 N–H and O–H groups in total. The Hall–Kier alpha value is -1.99. The number of hydrazone groups is 1. The summed E-state index contributed by atoms with van der Waals surface area (Å²) in [4.78, 5) is 20.5. The van der Waals surface area contributed by atoms with Gasteiger partial charge in [0.05, 0.1) is 25.4 Å². The fourth-order valence-corrected chi connectivity index (χ4v) is 4.06. The molecule has 0 bridgehead atoms. The number of aromatic amines is 1. The van der Waals surface area contributed by atoms with E-state index in [2.05, 4.69) is 36.4 Å². The van der Waals surface area contributed by atoms with Crippen molar-refractivity contribution in [3.63, 3.8) is 0 Å². The number of amides is 1. The van der Waals surface area contributed by atoms with Crippen LogP contribution in [0.5, 0.6) is 0 Å². The molecule has 0 saturated heterocycles. The van der Waals surface area contributed by atoms with Crippen LogP contribution in [-0.2, 0) is 4.79 Å². The van der Waals surface area contributed by atoms with E-state index in [0.29, 0.717) is 6.42 Å². The quantitative estimate of drug-likeness (QED) is 0.698. The molecule has 0 aliphatic carbocycles. The van der Waals surface area contributed by atoms with Gasteiger partial charge in [-0.05, 0) is 40.2 Å². The van der Waals surface area contributed by atoms with Crippen LogP contribution in [0.3, 0.4) is 0 Å². The first kappa shape index (κ1) is 14.6. The molecule has 5 nitrogen and oxygen atoms in total. The average Bonchev–Trinajstić information content (AvgIpc) is 3.12. The van der Waals surface area contributed by atoms with Gasteiger partial charge >= 0.3 is 0 Å². The molecule has 116 valence electrons. The molecule has 23 heavy (non-hydrogen) atoms. The highest BCUT2D eigenvalue weighted by molar-refractivity contribution is 9.11. The minimum atomic E-state index is -0.0329. The SMILES string of the molecule is CC1CC(=O)NN=C1c1ccc2nc(-c3ccc(Br)s3)[nH]c2c1. The first-order valence-corrected chi connectivity index (χ1v) is 8.83. The molecule has 1 unspecified atom stereocenters. The van der Waals surface area contributed by atoms with Gasteiger partial charge in [0.25, 0.3) is 0 Å². The van der Waals surface area contributed by atoms with E-state index in [0.717, 1.165) is 36.8 Å².